The molecule has 6 rings (SSSR count). The Hall–Kier alpha value is -4.83. The number of benzene rings is 2. The molecule has 0 bridgehead atoms. The average Bonchev–Trinajstić information content (AvgIpc) is 3.31. The number of pyridine rings is 1. The van der Waals surface area contributed by atoms with Gasteiger partial charge in [-0.2, -0.15) is 9.61 Å². The maximum atomic E-state index is 12.8. The van der Waals surface area contributed by atoms with Gasteiger partial charge in [0.2, 0.25) is 0 Å². The van der Waals surface area contributed by atoms with Crippen molar-refractivity contribution in [3.05, 3.63) is 78.1 Å². The molecule has 5 aromatic rings. The van der Waals surface area contributed by atoms with Crippen molar-refractivity contribution in [1.82, 2.24) is 24.9 Å². The van der Waals surface area contributed by atoms with Gasteiger partial charge < -0.3 is 19.9 Å². The largest absolute Gasteiger partial charge is 0.444 e. The van der Waals surface area contributed by atoms with Crippen molar-refractivity contribution in [2.75, 3.05) is 0 Å². The first-order valence-corrected chi connectivity index (χ1v) is 14.5. The zero-order valence-electron chi connectivity index (χ0n) is 25.6. The van der Waals surface area contributed by atoms with E-state index in [2.05, 4.69) is 15.4 Å². The molecule has 1 aliphatic rings. The van der Waals surface area contributed by atoms with Gasteiger partial charge >= 0.3 is 12.1 Å². The number of nitrogens with zero attached hydrogens (tertiary/aromatic N) is 4. The number of carbonyl (C=O) groups excluding carboxylic acids is 2. The summed E-state index contributed by atoms with van der Waals surface area (Å²) >= 11 is 0. The molecule has 0 unspecified atom stereocenters. The SMILES string of the molecule is CC(=O)Oc1ccc(-c2cc3cnc4cc(C)nn4c3nc2-c2ccc([C@]3(NC(=O)OC(C)(C)C)C[C@](C)(O)C3)cc2)cc1. The highest BCUT2D eigenvalue weighted by molar-refractivity contribution is 5.91. The zero-order valence-corrected chi connectivity index (χ0v) is 25.6. The molecular formula is C34H35N5O5. The molecule has 3 heterocycles. The zero-order chi connectivity index (χ0) is 31.4. The van der Waals surface area contributed by atoms with Crippen LogP contribution >= 0.6 is 0 Å². The predicted molar refractivity (Wildman–Crippen MR) is 166 cm³/mol. The Kier molecular flexibility index (Phi) is 6.92. The van der Waals surface area contributed by atoms with Gasteiger partial charge in [0, 0.05) is 48.5 Å². The molecule has 1 saturated carbocycles. The first-order chi connectivity index (χ1) is 20.7. The van der Waals surface area contributed by atoms with E-state index >= 15 is 0 Å². The lowest BCUT2D eigenvalue weighted by molar-refractivity contribution is -0.131. The number of ether oxygens (including phenoxy) is 2. The third-order valence-corrected chi connectivity index (χ3v) is 7.62. The van der Waals surface area contributed by atoms with E-state index < -0.39 is 22.8 Å². The third-order valence-electron chi connectivity index (χ3n) is 7.62. The molecule has 44 heavy (non-hydrogen) atoms. The van der Waals surface area contributed by atoms with Crippen LogP contribution in [0, 0.1) is 6.92 Å². The number of aliphatic hydroxyl groups is 1. The summed E-state index contributed by atoms with van der Waals surface area (Å²) in [5, 5.41) is 19.1. The van der Waals surface area contributed by atoms with Crippen LogP contribution in [0.15, 0.2) is 66.9 Å². The smallest absolute Gasteiger partial charge is 0.408 e. The van der Waals surface area contributed by atoms with Gasteiger partial charge in [-0.1, -0.05) is 36.4 Å². The topological polar surface area (TPSA) is 128 Å². The van der Waals surface area contributed by atoms with E-state index in [4.69, 9.17) is 14.5 Å². The van der Waals surface area contributed by atoms with Gasteiger partial charge in [-0.05, 0) is 63.9 Å². The highest BCUT2D eigenvalue weighted by Crippen LogP contribution is 2.49. The van der Waals surface area contributed by atoms with E-state index in [1.807, 2.05) is 76.2 Å². The Morgan fingerprint density at radius 2 is 1.66 bits per heavy atom. The van der Waals surface area contributed by atoms with E-state index in [9.17, 15) is 14.7 Å². The second-order valence-corrected chi connectivity index (χ2v) is 12.9. The number of alkyl carbamates (subject to hydrolysis) is 1. The van der Waals surface area contributed by atoms with Gasteiger partial charge in [-0.3, -0.25) is 4.79 Å². The minimum atomic E-state index is -0.902. The van der Waals surface area contributed by atoms with E-state index in [1.54, 1.807) is 29.8 Å². The van der Waals surface area contributed by atoms with Crippen LogP contribution in [0.1, 0.15) is 58.7 Å². The quantitative estimate of drug-likeness (QED) is 0.185. The molecule has 0 saturated heterocycles. The number of aryl methyl sites for hydroxylation is 1. The molecule has 0 atom stereocenters. The minimum Gasteiger partial charge on any atom is -0.444 e. The van der Waals surface area contributed by atoms with Crippen molar-refractivity contribution >= 4 is 28.7 Å². The van der Waals surface area contributed by atoms with Crippen molar-refractivity contribution < 1.29 is 24.2 Å². The fraction of sp³-hybridized carbons (Fsp3) is 0.324. The Balaban J connectivity index is 1.44. The van der Waals surface area contributed by atoms with Crippen molar-refractivity contribution in [3.63, 3.8) is 0 Å². The molecule has 3 aromatic heterocycles. The van der Waals surface area contributed by atoms with Crippen LogP contribution in [-0.2, 0) is 15.1 Å². The van der Waals surface area contributed by atoms with E-state index in [-0.39, 0.29) is 5.97 Å². The van der Waals surface area contributed by atoms with Crippen LogP contribution in [0.2, 0.25) is 0 Å². The van der Waals surface area contributed by atoms with E-state index in [1.165, 1.54) is 6.92 Å². The van der Waals surface area contributed by atoms with Crippen LogP contribution in [0.4, 0.5) is 4.79 Å². The van der Waals surface area contributed by atoms with Gasteiger partial charge in [0.05, 0.1) is 22.5 Å². The standard InChI is InChI=1S/C34H35N5O5/c1-20-15-28-35-17-24-16-27(22-9-13-26(14-10-22)43-21(2)40)29(36-30(24)39(28)38-20)23-7-11-25(12-8-23)34(18-33(6,42)19-34)37-31(41)44-32(3,4)5/h7-17,42H,18-19H2,1-6H3,(H,37,41)/t33-,34-. The molecule has 10 heteroatoms. The van der Waals surface area contributed by atoms with Crippen LogP contribution in [0.5, 0.6) is 5.75 Å². The molecule has 1 aliphatic carbocycles. The molecular weight excluding hydrogens is 558 g/mol. The second kappa shape index (κ2) is 10.4. The number of amides is 1. The van der Waals surface area contributed by atoms with Gasteiger partial charge in [0.1, 0.15) is 11.4 Å². The number of nitrogens with one attached hydrogen (secondary N) is 1. The van der Waals surface area contributed by atoms with Crippen LogP contribution in [0.3, 0.4) is 0 Å². The molecule has 2 N–H and O–H groups in total. The summed E-state index contributed by atoms with van der Waals surface area (Å²) in [5.41, 5.74) is 4.06. The Morgan fingerprint density at radius 3 is 2.27 bits per heavy atom. The number of aromatic nitrogens is 4. The molecule has 10 nitrogen and oxygen atoms in total. The normalized spacial score (nSPS) is 19.9. The Morgan fingerprint density at radius 1 is 1.00 bits per heavy atom. The first kappa shape index (κ1) is 29.3. The lowest BCUT2D eigenvalue weighted by Crippen LogP contribution is -2.62. The van der Waals surface area contributed by atoms with Crippen molar-refractivity contribution in [2.45, 2.75) is 71.1 Å². The number of hydrogen-bond donors (Lipinski definition) is 2. The maximum absolute atomic E-state index is 12.8. The lowest BCUT2D eigenvalue weighted by atomic mass is 9.62. The predicted octanol–water partition coefficient (Wildman–Crippen LogP) is 6.11. The number of carbonyl (C=O) groups is 2. The highest BCUT2D eigenvalue weighted by atomic mass is 16.6. The van der Waals surface area contributed by atoms with Crippen LogP contribution < -0.4 is 10.1 Å². The van der Waals surface area contributed by atoms with E-state index in [0.717, 1.165) is 39.0 Å². The van der Waals surface area contributed by atoms with Crippen molar-refractivity contribution in [3.8, 4) is 28.1 Å². The monoisotopic (exact) mass is 593 g/mol. The lowest BCUT2D eigenvalue weighted by Gasteiger charge is -2.52. The number of fused-ring (bicyclic) bond motifs is 3. The first-order valence-electron chi connectivity index (χ1n) is 14.5. The third kappa shape index (κ3) is 5.72. The van der Waals surface area contributed by atoms with Gasteiger partial charge in [-0.15, -0.1) is 0 Å². The maximum Gasteiger partial charge on any atom is 0.408 e. The van der Waals surface area contributed by atoms with Gasteiger partial charge in [0.15, 0.2) is 11.3 Å². The molecule has 226 valence electrons. The van der Waals surface area contributed by atoms with E-state index in [0.29, 0.717) is 29.9 Å². The highest BCUT2D eigenvalue weighted by Gasteiger charge is 2.53. The number of rotatable bonds is 5. The molecule has 1 fully saturated rings. The fourth-order valence-electron chi connectivity index (χ4n) is 6.02. The second-order valence-electron chi connectivity index (χ2n) is 12.9. The molecule has 0 radical (unpaired) electrons. The molecule has 1 amide bonds. The minimum absolute atomic E-state index is 0.358. The summed E-state index contributed by atoms with van der Waals surface area (Å²) in [6, 6.07) is 19.1. The van der Waals surface area contributed by atoms with Crippen LogP contribution in [0.25, 0.3) is 39.1 Å². The van der Waals surface area contributed by atoms with Gasteiger partial charge in [-0.25, -0.2) is 14.8 Å². The van der Waals surface area contributed by atoms with Gasteiger partial charge in [0.25, 0.3) is 0 Å². The number of esters is 1. The Bertz CT molecular complexity index is 1900. The number of hydrogen-bond acceptors (Lipinski definition) is 8. The summed E-state index contributed by atoms with van der Waals surface area (Å²) < 4.78 is 12.5. The summed E-state index contributed by atoms with van der Waals surface area (Å²) in [7, 11) is 0. The van der Waals surface area contributed by atoms with Crippen LogP contribution in [-0.4, -0.2) is 48.0 Å². The Labute approximate surface area is 255 Å². The van der Waals surface area contributed by atoms with Crippen molar-refractivity contribution in [1.29, 1.82) is 0 Å². The fourth-order valence-corrected chi connectivity index (χ4v) is 6.02. The average molecular weight is 594 g/mol. The summed E-state index contributed by atoms with van der Waals surface area (Å²) in [4.78, 5) is 33.9. The summed E-state index contributed by atoms with van der Waals surface area (Å²) in [6.45, 7) is 10.5. The summed E-state index contributed by atoms with van der Waals surface area (Å²) in [6.07, 6.45) is 1.98. The molecule has 0 spiro atoms. The molecule has 0 aliphatic heterocycles. The summed E-state index contributed by atoms with van der Waals surface area (Å²) in [5.74, 6) is 0.0675. The molecule has 2 aromatic carbocycles. The van der Waals surface area contributed by atoms with Crippen molar-refractivity contribution in [2.24, 2.45) is 0 Å².